The smallest absolute Gasteiger partial charge is 0.232 e. The highest BCUT2D eigenvalue weighted by Crippen LogP contribution is 2.71. The Labute approximate surface area is 245 Å². The molecule has 0 unspecified atom stereocenters. The summed E-state index contributed by atoms with van der Waals surface area (Å²) in [5, 5.41) is 9.14. The molecule has 8 nitrogen and oxygen atoms in total. The van der Waals surface area contributed by atoms with Crippen LogP contribution in [0, 0.1) is 10.8 Å². The van der Waals surface area contributed by atoms with Crippen LogP contribution in [0.2, 0.25) is 0 Å². The molecular formula is C33H38FN5O3. The first-order valence-electron chi connectivity index (χ1n) is 15.9. The summed E-state index contributed by atoms with van der Waals surface area (Å²) in [7, 11) is 0. The Morgan fingerprint density at radius 2 is 1.79 bits per heavy atom. The minimum atomic E-state index is -1.00. The van der Waals surface area contributed by atoms with Crippen molar-refractivity contribution in [2.45, 2.75) is 100 Å². The first-order valence-corrected chi connectivity index (χ1v) is 15.9. The van der Waals surface area contributed by atoms with Gasteiger partial charge in [-0.1, -0.05) is 17.3 Å². The molecule has 4 bridgehead atoms. The van der Waals surface area contributed by atoms with Crippen molar-refractivity contribution in [1.82, 2.24) is 19.9 Å². The van der Waals surface area contributed by atoms with Gasteiger partial charge in [0.1, 0.15) is 5.67 Å². The molecule has 3 aromatic rings. The summed E-state index contributed by atoms with van der Waals surface area (Å²) in [6.07, 6.45) is 12.6. The highest BCUT2D eigenvalue weighted by molar-refractivity contribution is 5.95. The summed E-state index contributed by atoms with van der Waals surface area (Å²) in [6, 6.07) is 10.6. The van der Waals surface area contributed by atoms with Crippen LogP contribution in [0.1, 0.15) is 101 Å². The lowest BCUT2D eigenvalue weighted by atomic mass is 9.41. The Morgan fingerprint density at radius 1 is 1.02 bits per heavy atom. The molecule has 1 saturated heterocycles. The number of rotatable bonds is 9. The summed E-state index contributed by atoms with van der Waals surface area (Å²) >= 11 is 0. The zero-order valence-corrected chi connectivity index (χ0v) is 24.1. The SMILES string of the molecule is O=C(CC12CC(F)(C1)C2)N(CC12CCC(c3nc(C4CC4)no3)(CC1)CC2)c1cccc(-c2ccn(C3COC3)n2)c1. The third kappa shape index (κ3) is 4.02. The number of carbonyl (C=O) groups excluding carboxylic acids is 1. The van der Waals surface area contributed by atoms with Gasteiger partial charge in [0, 0.05) is 41.7 Å². The fourth-order valence-electron chi connectivity index (χ4n) is 8.81. The van der Waals surface area contributed by atoms with E-state index in [4.69, 9.17) is 19.3 Å². The Balaban J connectivity index is 0.975. The highest BCUT2D eigenvalue weighted by atomic mass is 19.1. The summed E-state index contributed by atoms with van der Waals surface area (Å²) in [6.45, 7) is 2.10. The number of hydrogen-bond donors (Lipinski definition) is 0. The topological polar surface area (TPSA) is 86.3 Å². The van der Waals surface area contributed by atoms with E-state index in [9.17, 15) is 9.18 Å². The highest BCUT2D eigenvalue weighted by Gasteiger charge is 2.69. The van der Waals surface area contributed by atoms with Crippen LogP contribution in [0.15, 0.2) is 41.1 Å². The van der Waals surface area contributed by atoms with E-state index in [2.05, 4.69) is 23.4 Å². The van der Waals surface area contributed by atoms with Gasteiger partial charge < -0.3 is 14.2 Å². The van der Waals surface area contributed by atoms with Crippen molar-refractivity contribution in [3.8, 4) is 11.3 Å². The summed E-state index contributed by atoms with van der Waals surface area (Å²) in [5.74, 6) is 2.37. The zero-order chi connectivity index (χ0) is 28.2. The molecule has 220 valence electrons. The Kier molecular flexibility index (Phi) is 5.29. The third-order valence-corrected chi connectivity index (χ3v) is 11.7. The molecule has 11 rings (SSSR count). The van der Waals surface area contributed by atoms with E-state index in [1.54, 1.807) is 0 Å². The fraction of sp³-hybridized carbons (Fsp3) is 0.636. The van der Waals surface area contributed by atoms with E-state index in [0.29, 0.717) is 57.4 Å². The van der Waals surface area contributed by atoms with Crippen molar-refractivity contribution in [2.24, 2.45) is 10.8 Å². The number of nitrogens with zero attached hydrogens (tertiary/aromatic N) is 5. The van der Waals surface area contributed by atoms with Crippen molar-refractivity contribution in [3.63, 3.8) is 0 Å². The molecule has 0 spiro atoms. The molecule has 42 heavy (non-hydrogen) atoms. The standard InChI is InChI=1S/C33H38FN5O3/c34-33-18-31(19-33,20-33)15-27(40)38(24-3-1-2-23(14-24)26-6-13-39(36-26)25-16-41-17-25)21-30-7-10-32(11-8-30,12-9-30)29-35-28(37-42-29)22-4-5-22/h1-3,6,13-14,22,25H,4-5,7-12,15-21H2. The van der Waals surface area contributed by atoms with Crippen molar-refractivity contribution >= 4 is 11.6 Å². The van der Waals surface area contributed by atoms with Gasteiger partial charge in [-0.05, 0) is 99.7 Å². The van der Waals surface area contributed by atoms with Gasteiger partial charge in [0.25, 0.3) is 0 Å². The second kappa shape index (κ2) is 8.74. The molecule has 9 heteroatoms. The number of halogens is 1. The molecular weight excluding hydrogens is 533 g/mol. The number of aromatic nitrogens is 4. The van der Waals surface area contributed by atoms with Gasteiger partial charge >= 0.3 is 0 Å². The van der Waals surface area contributed by atoms with Crippen LogP contribution in [-0.4, -0.2) is 51.3 Å². The van der Waals surface area contributed by atoms with Crippen LogP contribution in [-0.2, 0) is 14.9 Å². The number of carbonyl (C=O) groups is 1. The van der Waals surface area contributed by atoms with Crippen LogP contribution in [0.3, 0.4) is 0 Å². The van der Waals surface area contributed by atoms with Crippen LogP contribution in [0.5, 0.6) is 0 Å². The van der Waals surface area contributed by atoms with Crippen LogP contribution < -0.4 is 4.90 Å². The molecule has 7 aliphatic carbocycles. The average Bonchev–Trinajstić information content (AvgIpc) is 3.46. The number of hydrogen-bond acceptors (Lipinski definition) is 6. The molecule has 3 heterocycles. The van der Waals surface area contributed by atoms with Gasteiger partial charge in [0.05, 0.1) is 24.9 Å². The number of alkyl halides is 1. The van der Waals surface area contributed by atoms with Gasteiger partial charge in [-0.15, -0.1) is 0 Å². The summed E-state index contributed by atoms with van der Waals surface area (Å²) < 4.78 is 27.5. The summed E-state index contributed by atoms with van der Waals surface area (Å²) in [5.41, 5.74) is 1.75. The molecule has 0 radical (unpaired) electrons. The molecule has 0 atom stereocenters. The van der Waals surface area contributed by atoms with Crippen LogP contribution >= 0.6 is 0 Å². The van der Waals surface area contributed by atoms with Gasteiger partial charge in [0.15, 0.2) is 5.82 Å². The molecule has 1 aliphatic heterocycles. The normalized spacial score (nSPS) is 34.9. The van der Waals surface area contributed by atoms with Gasteiger partial charge in [-0.25, -0.2) is 4.39 Å². The van der Waals surface area contributed by atoms with E-state index in [-0.39, 0.29) is 22.2 Å². The van der Waals surface area contributed by atoms with Crippen molar-refractivity contribution in [3.05, 3.63) is 48.2 Å². The number of amides is 1. The van der Waals surface area contributed by atoms with E-state index in [1.165, 1.54) is 12.8 Å². The Morgan fingerprint density at radius 3 is 2.45 bits per heavy atom. The largest absolute Gasteiger partial charge is 0.377 e. The van der Waals surface area contributed by atoms with Crippen molar-refractivity contribution < 1.29 is 18.4 Å². The van der Waals surface area contributed by atoms with E-state index >= 15 is 0 Å². The second-order valence-corrected chi connectivity index (χ2v) is 14.8. The maximum Gasteiger partial charge on any atom is 0.232 e. The van der Waals surface area contributed by atoms with E-state index in [0.717, 1.165) is 67.2 Å². The number of benzene rings is 1. The molecule has 7 saturated carbocycles. The lowest BCUT2D eigenvalue weighted by Crippen LogP contribution is -2.65. The molecule has 1 aromatic carbocycles. The van der Waals surface area contributed by atoms with Crippen LogP contribution in [0.4, 0.5) is 10.1 Å². The predicted octanol–water partition coefficient (Wildman–Crippen LogP) is 6.29. The lowest BCUT2D eigenvalue weighted by Gasteiger charge is -2.66. The average molecular weight is 572 g/mol. The van der Waals surface area contributed by atoms with Crippen molar-refractivity contribution in [2.75, 3.05) is 24.7 Å². The van der Waals surface area contributed by atoms with Gasteiger partial charge in [0.2, 0.25) is 11.8 Å². The maximum atomic E-state index is 14.4. The number of anilines is 1. The molecule has 8 fully saturated rings. The number of ether oxygens (including phenoxy) is 1. The van der Waals surface area contributed by atoms with E-state index < -0.39 is 5.67 Å². The molecule has 0 N–H and O–H groups in total. The fourth-order valence-corrected chi connectivity index (χ4v) is 8.81. The minimum absolute atomic E-state index is 0.0117. The van der Waals surface area contributed by atoms with E-state index in [1.807, 2.05) is 27.9 Å². The molecule has 2 aromatic heterocycles. The second-order valence-electron chi connectivity index (χ2n) is 14.8. The first kappa shape index (κ1) is 25.4. The quantitative estimate of drug-likeness (QED) is 0.300. The molecule has 1 amide bonds. The third-order valence-electron chi connectivity index (χ3n) is 11.7. The van der Waals surface area contributed by atoms with Gasteiger partial charge in [-0.3, -0.25) is 9.48 Å². The minimum Gasteiger partial charge on any atom is -0.377 e. The zero-order valence-electron chi connectivity index (χ0n) is 24.1. The monoisotopic (exact) mass is 571 g/mol. The predicted molar refractivity (Wildman–Crippen MR) is 153 cm³/mol. The summed E-state index contributed by atoms with van der Waals surface area (Å²) in [4.78, 5) is 21.0. The van der Waals surface area contributed by atoms with Gasteiger partial charge in [-0.2, -0.15) is 10.1 Å². The van der Waals surface area contributed by atoms with Crippen LogP contribution in [0.25, 0.3) is 11.3 Å². The number of fused-ring (bicyclic) bond motifs is 3. The molecule has 8 aliphatic rings. The Bertz CT molecular complexity index is 1510. The maximum absolute atomic E-state index is 14.4. The lowest BCUT2D eigenvalue weighted by molar-refractivity contribution is -0.215. The van der Waals surface area contributed by atoms with Crippen molar-refractivity contribution in [1.29, 1.82) is 0 Å². The first-order chi connectivity index (χ1) is 20.3. The Hall–Kier alpha value is -3.07.